The number of ether oxygens (including phenoxy) is 2. The second-order valence-electron chi connectivity index (χ2n) is 9.27. The Labute approximate surface area is 202 Å². The highest BCUT2D eigenvalue weighted by molar-refractivity contribution is 5.97. The molecule has 182 valence electrons. The molecular formula is C28H36N2O4. The van der Waals surface area contributed by atoms with Crippen molar-refractivity contribution in [2.24, 2.45) is 5.92 Å². The van der Waals surface area contributed by atoms with Gasteiger partial charge in [-0.3, -0.25) is 9.59 Å². The smallest absolute Gasteiger partial charge is 0.260 e. The Morgan fingerprint density at radius 1 is 0.853 bits per heavy atom. The van der Waals surface area contributed by atoms with Crippen LogP contribution in [0.15, 0.2) is 48.5 Å². The second kappa shape index (κ2) is 11.9. The third kappa shape index (κ3) is 6.31. The molecule has 34 heavy (non-hydrogen) atoms. The summed E-state index contributed by atoms with van der Waals surface area (Å²) in [5, 5.41) is 0. The highest BCUT2D eigenvalue weighted by atomic mass is 16.5. The molecule has 1 saturated carbocycles. The molecule has 2 aromatic rings. The molecule has 6 nitrogen and oxygen atoms in total. The fraction of sp³-hybridized carbons (Fsp3) is 0.500. The van der Waals surface area contributed by atoms with E-state index >= 15 is 0 Å². The van der Waals surface area contributed by atoms with Crippen LogP contribution >= 0.6 is 0 Å². The van der Waals surface area contributed by atoms with Crippen molar-refractivity contribution in [2.75, 3.05) is 31.7 Å². The zero-order valence-corrected chi connectivity index (χ0v) is 20.2. The maximum absolute atomic E-state index is 13.3. The van der Waals surface area contributed by atoms with E-state index in [1.165, 1.54) is 0 Å². The Balaban J connectivity index is 1.54. The number of amides is 2. The monoisotopic (exact) mass is 464 g/mol. The van der Waals surface area contributed by atoms with Crippen LogP contribution in [-0.4, -0.2) is 43.5 Å². The van der Waals surface area contributed by atoms with Crippen LogP contribution < -0.4 is 14.4 Å². The molecule has 2 aromatic carbocycles. The zero-order valence-electron chi connectivity index (χ0n) is 20.2. The van der Waals surface area contributed by atoms with Crippen LogP contribution in [0, 0.1) is 5.92 Å². The Kier molecular flexibility index (Phi) is 8.45. The molecule has 0 unspecified atom stereocenters. The lowest BCUT2D eigenvalue weighted by atomic mass is 10.1. The lowest BCUT2D eigenvalue weighted by molar-refractivity contribution is -0.134. The summed E-state index contributed by atoms with van der Waals surface area (Å²) in [6, 6.07) is 15.4. The molecule has 6 heteroatoms. The Hall–Kier alpha value is -3.02. The molecule has 0 saturated heterocycles. The lowest BCUT2D eigenvalue weighted by Crippen LogP contribution is -2.37. The number of nitrogens with zero attached hydrogens (tertiary/aromatic N) is 2. The summed E-state index contributed by atoms with van der Waals surface area (Å²) in [6.45, 7) is 1.85. The number of benzene rings is 2. The van der Waals surface area contributed by atoms with Crippen LogP contribution in [0.2, 0.25) is 0 Å². The van der Waals surface area contributed by atoms with Gasteiger partial charge in [-0.05, 0) is 49.4 Å². The first-order valence-corrected chi connectivity index (χ1v) is 12.6. The molecule has 0 aromatic heterocycles. The van der Waals surface area contributed by atoms with Crippen molar-refractivity contribution in [1.29, 1.82) is 0 Å². The van der Waals surface area contributed by atoms with Crippen LogP contribution in [0.3, 0.4) is 0 Å². The average molecular weight is 465 g/mol. The van der Waals surface area contributed by atoms with Crippen molar-refractivity contribution >= 4 is 17.5 Å². The van der Waals surface area contributed by atoms with Crippen molar-refractivity contribution < 1.29 is 19.1 Å². The van der Waals surface area contributed by atoms with Crippen LogP contribution in [0.4, 0.5) is 5.69 Å². The van der Waals surface area contributed by atoms with E-state index in [0.717, 1.165) is 69.2 Å². The SMILES string of the molecule is COc1ccccc1OCC(=O)N1CCCCCCCCN(C(=O)C2CC2)c2ccccc2C1. The number of para-hydroxylation sites is 3. The van der Waals surface area contributed by atoms with E-state index < -0.39 is 0 Å². The van der Waals surface area contributed by atoms with E-state index in [2.05, 4.69) is 0 Å². The predicted molar refractivity (Wildman–Crippen MR) is 133 cm³/mol. The highest BCUT2D eigenvalue weighted by Crippen LogP contribution is 2.34. The van der Waals surface area contributed by atoms with Crippen molar-refractivity contribution in [3.63, 3.8) is 0 Å². The number of fused-ring (bicyclic) bond motifs is 1. The van der Waals surface area contributed by atoms with Gasteiger partial charge in [0, 0.05) is 31.2 Å². The zero-order chi connectivity index (χ0) is 23.8. The number of hydrogen-bond acceptors (Lipinski definition) is 4. The van der Waals surface area contributed by atoms with E-state index in [4.69, 9.17) is 9.47 Å². The van der Waals surface area contributed by atoms with E-state index in [1.807, 2.05) is 58.3 Å². The van der Waals surface area contributed by atoms with Gasteiger partial charge in [0.15, 0.2) is 18.1 Å². The van der Waals surface area contributed by atoms with E-state index in [1.54, 1.807) is 7.11 Å². The van der Waals surface area contributed by atoms with Crippen LogP contribution in [-0.2, 0) is 16.1 Å². The van der Waals surface area contributed by atoms with Crippen LogP contribution in [0.5, 0.6) is 11.5 Å². The van der Waals surface area contributed by atoms with E-state index in [9.17, 15) is 9.59 Å². The molecule has 2 aliphatic rings. The molecule has 0 radical (unpaired) electrons. The minimum absolute atomic E-state index is 0.0484. The number of carbonyl (C=O) groups excluding carboxylic acids is 2. The maximum atomic E-state index is 13.3. The Morgan fingerprint density at radius 3 is 2.24 bits per heavy atom. The van der Waals surface area contributed by atoms with Gasteiger partial charge in [0.1, 0.15) is 0 Å². The normalized spacial score (nSPS) is 17.6. The summed E-state index contributed by atoms with van der Waals surface area (Å²) in [4.78, 5) is 30.3. The molecule has 1 aliphatic carbocycles. The minimum Gasteiger partial charge on any atom is -0.493 e. The fourth-order valence-corrected chi connectivity index (χ4v) is 4.55. The summed E-state index contributed by atoms with van der Waals surface area (Å²) in [6.07, 6.45) is 8.51. The largest absolute Gasteiger partial charge is 0.493 e. The summed E-state index contributed by atoms with van der Waals surface area (Å²) >= 11 is 0. The average Bonchev–Trinajstić information content (AvgIpc) is 3.71. The van der Waals surface area contributed by atoms with Crippen molar-refractivity contribution in [2.45, 2.75) is 57.9 Å². The van der Waals surface area contributed by atoms with Gasteiger partial charge < -0.3 is 19.3 Å². The van der Waals surface area contributed by atoms with Gasteiger partial charge in [0.25, 0.3) is 5.91 Å². The maximum Gasteiger partial charge on any atom is 0.260 e. The first kappa shape index (κ1) is 24.1. The quantitative estimate of drug-likeness (QED) is 0.610. The van der Waals surface area contributed by atoms with Gasteiger partial charge in [-0.25, -0.2) is 0 Å². The third-order valence-corrected chi connectivity index (χ3v) is 6.67. The molecule has 4 rings (SSSR count). The van der Waals surface area contributed by atoms with Gasteiger partial charge in [-0.1, -0.05) is 56.0 Å². The molecule has 0 bridgehead atoms. The first-order valence-electron chi connectivity index (χ1n) is 12.6. The molecule has 2 amide bonds. The molecule has 1 fully saturated rings. The van der Waals surface area contributed by atoms with Gasteiger partial charge in [-0.15, -0.1) is 0 Å². The lowest BCUT2D eigenvalue weighted by Gasteiger charge is -2.28. The molecule has 0 spiro atoms. The number of hydrogen-bond donors (Lipinski definition) is 0. The van der Waals surface area contributed by atoms with Gasteiger partial charge in [0.05, 0.1) is 7.11 Å². The topological polar surface area (TPSA) is 59.1 Å². The Morgan fingerprint density at radius 2 is 1.50 bits per heavy atom. The minimum atomic E-state index is -0.0596. The number of methoxy groups -OCH3 is 1. The predicted octanol–water partition coefficient (Wildman–Crippen LogP) is 5.20. The number of anilines is 1. The molecular weight excluding hydrogens is 428 g/mol. The first-order chi connectivity index (χ1) is 16.7. The van der Waals surface area contributed by atoms with Gasteiger partial charge in [0.2, 0.25) is 5.91 Å². The summed E-state index contributed by atoms with van der Waals surface area (Å²) in [5.74, 6) is 1.51. The van der Waals surface area contributed by atoms with Crippen LogP contribution in [0.1, 0.15) is 56.9 Å². The number of carbonyl (C=O) groups is 2. The van der Waals surface area contributed by atoms with Gasteiger partial charge >= 0.3 is 0 Å². The highest BCUT2D eigenvalue weighted by Gasteiger charge is 2.34. The molecule has 1 aliphatic heterocycles. The van der Waals surface area contributed by atoms with Crippen molar-refractivity contribution in [1.82, 2.24) is 4.90 Å². The molecule has 0 N–H and O–H groups in total. The molecule has 1 heterocycles. The standard InChI is InChI=1S/C28H36N2O4/c1-33-25-14-8-9-15-26(25)34-21-27(31)29-18-10-4-2-3-5-11-19-30(28(32)22-16-17-22)24-13-7-6-12-23(24)20-29/h6-9,12-15,22H,2-5,10-11,16-21H2,1H3. The second-order valence-corrected chi connectivity index (χ2v) is 9.27. The van der Waals surface area contributed by atoms with Crippen LogP contribution in [0.25, 0.3) is 0 Å². The summed E-state index contributed by atoms with van der Waals surface area (Å²) in [5.41, 5.74) is 1.96. The summed E-state index contributed by atoms with van der Waals surface area (Å²) < 4.78 is 11.2. The van der Waals surface area contributed by atoms with Crippen molar-refractivity contribution in [3.05, 3.63) is 54.1 Å². The fourth-order valence-electron chi connectivity index (χ4n) is 4.55. The summed E-state index contributed by atoms with van der Waals surface area (Å²) in [7, 11) is 1.59. The van der Waals surface area contributed by atoms with Gasteiger partial charge in [-0.2, -0.15) is 0 Å². The van der Waals surface area contributed by atoms with E-state index in [0.29, 0.717) is 24.6 Å². The molecule has 0 atom stereocenters. The van der Waals surface area contributed by atoms with Crippen molar-refractivity contribution in [3.8, 4) is 11.5 Å². The third-order valence-electron chi connectivity index (χ3n) is 6.67. The number of rotatable bonds is 5. The Bertz CT molecular complexity index is 972. The van der Waals surface area contributed by atoms with E-state index in [-0.39, 0.29) is 24.3 Å².